The molecule has 1 N–H and O–H groups in total. The first-order valence-electron chi connectivity index (χ1n) is 7.67. The van der Waals surface area contributed by atoms with Crippen molar-refractivity contribution in [2.45, 2.75) is 39.2 Å². The molecule has 0 aliphatic heterocycles. The van der Waals surface area contributed by atoms with Gasteiger partial charge in [-0.25, -0.2) is 0 Å². The van der Waals surface area contributed by atoms with Crippen LogP contribution in [-0.4, -0.2) is 26.4 Å². The number of nitrogens with one attached hydrogen (secondary N) is 1. The van der Waals surface area contributed by atoms with Crippen LogP contribution in [-0.2, 0) is 4.74 Å². The Labute approximate surface area is 122 Å². The van der Waals surface area contributed by atoms with Gasteiger partial charge in [-0.3, -0.25) is 0 Å². The smallest absolute Gasteiger partial charge is 0.121 e. The molecular weight excluding hydrogens is 250 g/mol. The number of hydrogen-bond acceptors (Lipinski definition) is 3. The molecule has 0 radical (unpaired) electrons. The minimum absolute atomic E-state index is 0.593. The summed E-state index contributed by atoms with van der Waals surface area (Å²) in [5.41, 5.74) is 1.16. The summed E-state index contributed by atoms with van der Waals surface area (Å²) in [6.07, 6.45) is 3.85. The summed E-state index contributed by atoms with van der Waals surface area (Å²) in [4.78, 5) is 0. The van der Waals surface area contributed by atoms with E-state index in [2.05, 4.69) is 31.3 Å². The van der Waals surface area contributed by atoms with Crippen LogP contribution >= 0.6 is 0 Å². The second kappa shape index (κ2) is 7.53. The van der Waals surface area contributed by atoms with E-state index in [0.717, 1.165) is 23.3 Å². The molecule has 1 aromatic rings. The van der Waals surface area contributed by atoms with Gasteiger partial charge in [0.25, 0.3) is 0 Å². The maximum absolute atomic E-state index is 5.65. The topological polar surface area (TPSA) is 30.5 Å². The van der Waals surface area contributed by atoms with E-state index < -0.39 is 0 Å². The highest BCUT2D eigenvalue weighted by Gasteiger charge is 2.24. The van der Waals surface area contributed by atoms with Crippen molar-refractivity contribution in [3.05, 3.63) is 24.3 Å². The molecular formula is C17H27NO2. The number of anilines is 1. The molecule has 3 nitrogen and oxygen atoms in total. The molecule has 0 spiro atoms. The molecule has 3 heteroatoms. The molecule has 1 aliphatic rings. The van der Waals surface area contributed by atoms with Crippen LogP contribution in [0.25, 0.3) is 0 Å². The molecule has 20 heavy (non-hydrogen) atoms. The Morgan fingerprint density at radius 1 is 1.15 bits per heavy atom. The van der Waals surface area contributed by atoms with Crippen LogP contribution in [0.1, 0.15) is 33.1 Å². The fourth-order valence-corrected chi connectivity index (χ4v) is 2.83. The average molecular weight is 277 g/mol. The molecule has 112 valence electrons. The number of rotatable bonds is 6. The van der Waals surface area contributed by atoms with Crippen LogP contribution in [0.3, 0.4) is 0 Å². The minimum atomic E-state index is 0.593. The molecule has 3 atom stereocenters. The van der Waals surface area contributed by atoms with Crippen molar-refractivity contribution in [1.29, 1.82) is 0 Å². The van der Waals surface area contributed by atoms with E-state index in [1.54, 1.807) is 7.11 Å². The van der Waals surface area contributed by atoms with Gasteiger partial charge >= 0.3 is 0 Å². The average Bonchev–Trinajstić information content (AvgIpc) is 2.44. The van der Waals surface area contributed by atoms with Crippen molar-refractivity contribution in [2.24, 2.45) is 11.8 Å². The number of methoxy groups -OCH3 is 1. The predicted octanol–water partition coefficient (Wildman–Crippen LogP) is 3.95. The van der Waals surface area contributed by atoms with Crippen LogP contribution in [0.5, 0.6) is 5.75 Å². The van der Waals surface area contributed by atoms with Crippen molar-refractivity contribution in [3.8, 4) is 5.75 Å². The van der Waals surface area contributed by atoms with E-state index >= 15 is 0 Å². The Morgan fingerprint density at radius 3 is 2.75 bits per heavy atom. The highest BCUT2D eigenvalue weighted by atomic mass is 16.5. The Bertz CT molecular complexity index is 408. The fourth-order valence-electron chi connectivity index (χ4n) is 2.83. The first kappa shape index (κ1) is 15.2. The molecule has 0 heterocycles. The summed E-state index contributed by atoms with van der Waals surface area (Å²) in [5, 5.41) is 3.65. The van der Waals surface area contributed by atoms with Crippen LogP contribution < -0.4 is 10.1 Å². The van der Waals surface area contributed by atoms with Crippen LogP contribution in [0.15, 0.2) is 24.3 Å². The predicted molar refractivity (Wildman–Crippen MR) is 83.4 cm³/mol. The van der Waals surface area contributed by atoms with Crippen molar-refractivity contribution in [2.75, 3.05) is 25.6 Å². The largest absolute Gasteiger partial charge is 0.491 e. The summed E-state index contributed by atoms with van der Waals surface area (Å²) < 4.78 is 10.6. The van der Waals surface area contributed by atoms with Crippen LogP contribution in [0.2, 0.25) is 0 Å². The van der Waals surface area contributed by atoms with Gasteiger partial charge in [-0.05, 0) is 43.2 Å². The van der Waals surface area contributed by atoms with Gasteiger partial charge in [0.15, 0.2) is 0 Å². The molecule has 3 unspecified atom stereocenters. The van der Waals surface area contributed by atoms with Crippen LogP contribution in [0.4, 0.5) is 5.69 Å². The molecule has 1 aliphatic carbocycles. The third-order valence-corrected chi connectivity index (χ3v) is 4.36. The van der Waals surface area contributed by atoms with E-state index in [4.69, 9.17) is 9.47 Å². The SMILES string of the molecule is COCCOc1cccc(NC2CCC(C)C(C)C2)c1. The third-order valence-electron chi connectivity index (χ3n) is 4.36. The van der Waals surface area contributed by atoms with Crippen molar-refractivity contribution < 1.29 is 9.47 Å². The summed E-state index contributed by atoms with van der Waals surface area (Å²) >= 11 is 0. The molecule has 1 fully saturated rings. The summed E-state index contributed by atoms with van der Waals surface area (Å²) in [7, 11) is 1.69. The zero-order chi connectivity index (χ0) is 14.4. The molecule has 1 aromatic carbocycles. The normalized spacial score (nSPS) is 26.2. The number of benzene rings is 1. The summed E-state index contributed by atoms with van der Waals surface area (Å²) in [6, 6.07) is 8.83. The van der Waals surface area contributed by atoms with Crippen molar-refractivity contribution >= 4 is 5.69 Å². The molecule has 0 amide bonds. The highest BCUT2D eigenvalue weighted by molar-refractivity contribution is 5.48. The number of ether oxygens (including phenoxy) is 2. The lowest BCUT2D eigenvalue weighted by atomic mass is 9.79. The van der Waals surface area contributed by atoms with Gasteiger partial charge in [-0.2, -0.15) is 0 Å². The van der Waals surface area contributed by atoms with Gasteiger partial charge < -0.3 is 14.8 Å². The third kappa shape index (κ3) is 4.41. The summed E-state index contributed by atoms with van der Waals surface area (Å²) in [6.45, 7) is 5.95. The first-order chi connectivity index (χ1) is 9.69. The van der Waals surface area contributed by atoms with E-state index in [9.17, 15) is 0 Å². The maximum Gasteiger partial charge on any atom is 0.121 e. The standard InChI is InChI=1S/C17H27NO2/c1-13-7-8-16(11-14(13)2)18-15-5-4-6-17(12-15)20-10-9-19-3/h4-6,12-14,16,18H,7-11H2,1-3H3. The van der Waals surface area contributed by atoms with E-state index in [1.807, 2.05) is 12.1 Å². The van der Waals surface area contributed by atoms with Gasteiger partial charge in [-0.1, -0.05) is 19.9 Å². The Morgan fingerprint density at radius 2 is 2.00 bits per heavy atom. The van der Waals surface area contributed by atoms with Crippen molar-refractivity contribution in [3.63, 3.8) is 0 Å². The zero-order valence-electron chi connectivity index (χ0n) is 12.9. The highest BCUT2D eigenvalue weighted by Crippen LogP contribution is 2.31. The van der Waals surface area contributed by atoms with Gasteiger partial charge in [0.1, 0.15) is 12.4 Å². The van der Waals surface area contributed by atoms with Gasteiger partial charge in [-0.15, -0.1) is 0 Å². The Hall–Kier alpha value is -1.22. The monoisotopic (exact) mass is 277 g/mol. The van der Waals surface area contributed by atoms with Gasteiger partial charge in [0.05, 0.1) is 6.61 Å². The van der Waals surface area contributed by atoms with E-state index in [0.29, 0.717) is 19.3 Å². The van der Waals surface area contributed by atoms with Gasteiger partial charge in [0.2, 0.25) is 0 Å². The second-order valence-electron chi connectivity index (χ2n) is 5.98. The molecule has 2 rings (SSSR count). The molecule has 0 bridgehead atoms. The minimum Gasteiger partial charge on any atom is -0.491 e. The lowest BCUT2D eigenvalue weighted by molar-refractivity contribution is 0.146. The van der Waals surface area contributed by atoms with E-state index in [1.165, 1.54) is 19.3 Å². The molecule has 0 aromatic heterocycles. The molecule has 0 saturated heterocycles. The lowest BCUT2D eigenvalue weighted by Crippen LogP contribution is -2.30. The van der Waals surface area contributed by atoms with E-state index in [-0.39, 0.29) is 0 Å². The lowest BCUT2D eigenvalue weighted by Gasteiger charge is -2.33. The van der Waals surface area contributed by atoms with Crippen molar-refractivity contribution in [1.82, 2.24) is 0 Å². The Balaban J connectivity index is 1.87. The van der Waals surface area contributed by atoms with Gasteiger partial charge in [0, 0.05) is 24.9 Å². The molecule has 1 saturated carbocycles. The first-order valence-corrected chi connectivity index (χ1v) is 7.67. The summed E-state index contributed by atoms with van der Waals surface area (Å²) in [5.74, 6) is 2.57. The maximum atomic E-state index is 5.65. The van der Waals surface area contributed by atoms with Crippen LogP contribution in [0, 0.1) is 11.8 Å². The number of hydrogen-bond donors (Lipinski definition) is 1. The second-order valence-corrected chi connectivity index (χ2v) is 5.98. The zero-order valence-corrected chi connectivity index (χ0v) is 12.9. The Kier molecular flexibility index (Phi) is 5.72. The quantitative estimate of drug-likeness (QED) is 0.799. The fraction of sp³-hybridized carbons (Fsp3) is 0.647.